The summed E-state index contributed by atoms with van der Waals surface area (Å²) in [6, 6.07) is 9.74. The van der Waals surface area contributed by atoms with Gasteiger partial charge in [0.05, 0.1) is 17.0 Å². The lowest BCUT2D eigenvalue weighted by molar-refractivity contribution is -0.141. The highest BCUT2D eigenvalue weighted by Crippen LogP contribution is 2.29. The number of sulfonamides is 1. The minimum atomic E-state index is -4.42. The van der Waals surface area contributed by atoms with E-state index in [1.807, 2.05) is 78.8 Å². The van der Waals surface area contributed by atoms with E-state index in [9.17, 15) is 51.6 Å². The maximum Gasteiger partial charge on any atom is 0.312 e. The Bertz CT molecular complexity index is 2580. The summed E-state index contributed by atoms with van der Waals surface area (Å²) in [7, 11) is -1.16. The molecule has 5 atom stereocenters. The number of nitrogens with one attached hydrogen (secondary N) is 7. The van der Waals surface area contributed by atoms with Crippen molar-refractivity contribution in [3.8, 4) is 0 Å². The third-order valence-electron chi connectivity index (χ3n) is 13.4. The number of carbonyl (C=O) groups is 9. The van der Waals surface area contributed by atoms with Gasteiger partial charge in [0.25, 0.3) is 27.7 Å². The predicted octanol–water partition coefficient (Wildman–Crippen LogP) is 3.19. The molecule has 0 aromatic heterocycles. The van der Waals surface area contributed by atoms with Crippen LogP contribution in [0.3, 0.4) is 0 Å². The Morgan fingerprint density at radius 1 is 0.740 bits per heavy atom. The highest BCUT2D eigenvalue weighted by molar-refractivity contribution is 7.90. The monoisotopic (exact) mass is 1090 g/mol. The Morgan fingerprint density at radius 2 is 1.35 bits per heavy atom. The smallest absolute Gasteiger partial charge is 0.312 e. The topological polar surface area (TPSA) is 304 Å². The molecule has 0 fully saturated rings. The van der Waals surface area contributed by atoms with Gasteiger partial charge < -0.3 is 42.5 Å². The van der Waals surface area contributed by atoms with Crippen molar-refractivity contribution in [2.75, 3.05) is 27.2 Å². The number of nitrogens with zero attached hydrogens (tertiary/aromatic N) is 2. The molecule has 1 aliphatic rings. The minimum Gasteiger partial charge on any atom is -0.352 e. The number of benzene rings is 2. The fraction of sp³-hybridized carbons (Fsp3) is 0.545. The molecule has 9 N–H and O–H groups in total. The zero-order valence-corrected chi connectivity index (χ0v) is 47.5. The number of hydrogen-bond acceptors (Lipinski definition) is 12. The molecule has 0 bridgehead atoms. The first-order valence-corrected chi connectivity index (χ1v) is 27.5. The van der Waals surface area contributed by atoms with E-state index in [-0.39, 0.29) is 78.9 Å². The average Bonchev–Trinajstić information content (AvgIpc) is 3.68. The van der Waals surface area contributed by atoms with E-state index in [1.165, 1.54) is 54.3 Å². The summed E-state index contributed by atoms with van der Waals surface area (Å²) in [5.41, 5.74) is 5.24. The maximum atomic E-state index is 14.4. The number of unbranched alkanes of at least 4 members (excludes halogenated alkanes) is 2. The second-order valence-corrected chi connectivity index (χ2v) is 23.4. The standard InChI is InChI=1S/C55H82N10O11S/c1-34(2)41(64(12)52(73)47(54(6,7)8)62-51(72)46(57-11)55(9,10)38-20-15-13-16-21-38)32-36(5)48(69)63-77(75,76)39-26-24-37(25-27-39)33-59-49(70)40(22-19-30-58-53(56)74)60-50(71)45(35(3)4)61-42(66)23-17-14-18-31-65-43(67)28-29-44(65)68/h13,15-16,20-21,24-29,32,34-35,40-41,45-47,57H,14,17-19,22-23,30-31,33H2,1-12H3,(H,59,70)(H,60,71)(H,61,66)(H,62,72)(H,63,69)(H3,56,58,74)/t40-,41+,45-,46+,47+/m0/s1. The molecule has 22 heteroatoms. The van der Waals surface area contributed by atoms with E-state index in [1.54, 1.807) is 27.9 Å². The van der Waals surface area contributed by atoms with Crippen molar-refractivity contribution in [1.29, 1.82) is 0 Å². The summed E-state index contributed by atoms with van der Waals surface area (Å²) in [6.07, 6.45) is 5.84. The Balaban J connectivity index is 1.67. The molecule has 0 saturated carbocycles. The number of imide groups is 1. The van der Waals surface area contributed by atoms with Crippen LogP contribution in [0.25, 0.3) is 0 Å². The molecule has 1 heterocycles. The zero-order chi connectivity index (χ0) is 58.0. The molecular formula is C55H82N10O11S. The molecule has 77 heavy (non-hydrogen) atoms. The second-order valence-electron chi connectivity index (χ2n) is 21.7. The van der Waals surface area contributed by atoms with E-state index < -0.39 is 86.6 Å². The van der Waals surface area contributed by atoms with Crippen LogP contribution >= 0.6 is 0 Å². The summed E-state index contributed by atoms with van der Waals surface area (Å²) < 4.78 is 29.2. The fourth-order valence-electron chi connectivity index (χ4n) is 8.73. The molecule has 0 spiro atoms. The van der Waals surface area contributed by atoms with Gasteiger partial charge in [0.1, 0.15) is 18.1 Å². The lowest BCUT2D eigenvalue weighted by atomic mass is 9.76. The van der Waals surface area contributed by atoms with Gasteiger partial charge in [0.2, 0.25) is 29.5 Å². The Morgan fingerprint density at radius 3 is 1.90 bits per heavy atom. The molecule has 2 aromatic carbocycles. The first-order valence-electron chi connectivity index (χ1n) is 26.0. The summed E-state index contributed by atoms with van der Waals surface area (Å²) in [4.78, 5) is 119. The molecule has 1 aliphatic heterocycles. The van der Waals surface area contributed by atoms with Crippen LogP contribution in [0.2, 0.25) is 0 Å². The van der Waals surface area contributed by atoms with E-state index in [0.717, 1.165) is 10.5 Å². The lowest BCUT2D eigenvalue weighted by Crippen LogP contribution is -2.61. The Hall–Kier alpha value is -6.94. The molecule has 3 rings (SSSR count). The number of likely N-dealkylation sites (N-methyl/N-ethyl adjacent to an activating group) is 2. The SMILES string of the molecule is CN[C@H](C(=O)N[C@H](C(=O)N(C)[C@H](C=C(C)C(=O)NS(=O)(=O)c1ccc(CNC(=O)[C@H](CCCNC(N)=O)NC(=O)[C@@H](NC(=O)CCCCCN2C(=O)C=CC2=O)C(C)C)cc1)C(C)C)C(C)(C)C)C(C)(C)c1ccccc1. The quantitative estimate of drug-likeness (QED) is 0.0331. The van der Waals surface area contributed by atoms with Gasteiger partial charge in [-0.3, -0.25) is 43.3 Å². The summed E-state index contributed by atoms with van der Waals surface area (Å²) in [5.74, 6) is -4.69. The molecule has 0 radical (unpaired) electrons. The van der Waals surface area contributed by atoms with Crippen LogP contribution < -0.4 is 42.4 Å². The van der Waals surface area contributed by atoms with Crippen LogP contribution in [0, 0.1) is 17.3 Å². The van der Waals surface area contributed by atoms with E-state index in [2.05, 4.69) is 36.6 Å². The highest BCUT2D eigenvalue weighted by atomic mass is 32.2. The third kappa shape index (κ3) is 19.2. The van der Waals surface area contributed by atoms with Gasteiger partial charge in [0.15, 0.2) is 0 Å². The summed E-state index contributed by atoms with van der Waals surface area (Å²) in [5, 5.41) is 16.8. The first kappa shape index (κ1) is 64.3. The normalized spacial score (nSPS) is 15.0. The molecule has 0 unspecified atom stereocenters. The summed E-state index contributed by atoms with van der Waals surface area (Å²) in [6.45, 7) is 18.3. The highest BCUT2D eigenvalue weighted by Gasteiger charge is 2.42. The molecule has 424 valence electrons. The van der Waals surface area contributed by atoms with Crippen molar-refractivity contribution in [2.24, 2.45) is 23.0 Å². The van der Waals surface area contributed by atoms with Crippen molar-refractivity contribution in [2.45, 2.75) is 155 Å². The van der Waals surface area contributed by atoms with Crippen LogP contribution in [0.1, 0.15) is 119 Å². The predicted molar refractivity (Wildman–Crippen MR) is 292 cm³/mol. The van der Waals surface area contributed by atoms with Crippen LogP contribution in [0.5, 0.6) is 0 Å². The van der Waals surface area contributed by atoms with E-state index in [4.69, 9.17) is 5.73 Å². The largest absolute Gasteiger partial charge is 0.352 e. The molecule has 10 amide bonds. The molecular weight excluding hydrogens is 1010 g/mol. The van der Waals surface area contributed by atoms with Crippen LogP contribution in [0.4, 0.5) is 4.79 Å². The van der Waals surface area contributed by atoms with Crippen LogP contribution in [0.15, 0.2) is 83.3 Å². The van der Waals surface area contributed by atoms with Crippen molar-refractivity contribution >= 4 is 63.3 Å². The van der Waals surface area contributed by atoms with Gasteiger partial charge in [-0.1, -0.05) is 117 Å². The van der Waals surface area contributed by atoms with Crippen molar-refractivity contribution in [3.05, 3.63) is 89.5 Å². The number of carbonyl (C=O) groups excluding carboxylic acids is 9. The number of primary amides is 1. The third-order valence-corrected chi connectivity index (χ3v) is 14.8. The molecule has 21 nitrogen and oxygen atoms in total. The Labute approximate surface area is 454 Å². The fourth-order valence-corrected chi connectivity index (χ4v) is 9.75. The molecule has 0 aliphatic carbocycles. The van der Waals surface area contributed by atoms with E-state index >= 15 is 0 Å². The summed E-state index contributed by atoms with van der Waals surface area (Å²) >= 11 is 0. The number of hydrogen-bond donors (Lipinski definition) is 8. The van der Waals surface area contributed by atoms with Crippen molar-refractivity contribution in [1.82, 2.24) is 46.4 Å². The number of rotatable bonds is 29. The van der Waals surface area contributed by atoms with Gasteiger partial charge in [-0.05, 0) is 80.2 Å². The second kappa shape index (κ2) is 29.0. The van der Waals surface area contributed by atoms with Gasteiger partial charge in [0, 0.05) is 56.2 Å². The van der Waals surface area contributed by atoms with Gasteiger partial charge in [-0.2, -0.15) is 0 Å². The van der Waals surface area contributed by atoms with E-state index in [0.29, 0.717) is 24.8 Å². The van der Waals surface area contributed by atoms with Gasteiger partial charge in [-0.25, -0.2) is 17.9 Å². The van der Waals surface area contributed by atoms with Crippen LogP contribution in [-0.2, 0) is 60.3 Å². The van der Waals surface area contributed by atoms with Crippen molar-refractivity contribution in [3.63, 3.8) is 0 Å². The number of urea groups is 1. The minimum absolute atomic E-state index is 0.0226. The number of nitrogens with two attached hydrogens (primary N) is 1. The lowest BCUT2D eigenvalue weighted by Gasteiger charge is -2.40. The number of amides is 10. The van der Waals surface area contributed by atoms with Gasteiger partial charge >= 0.3 is 6.03 Å². The zero-order valence-electron chi connectivity index (χ0n) is 46.7. The van der Waals surface area contributed by atoms with Crippen molar-refractivity contribution < 1.29 is 51.6 Å². The van der Waals surface area contributed by atoms with Crippen LogP contribution in [-0.4, -0.2) is 129 Å². The average molecular weight is 1090 g/mol. The first-order chi connectivity index (χ1) is 35.9. The van der Waals surface area contributed by atoms with Gasteiger partial charge in [-0.15, -0.1) is 0 Å². The maximum absolute atomic E-state index is 14.4. The molecule has 2 aromatic rings. The molecule has 0 saturated heterocycles. The Kier molecular flexibility index (Phi) is 24.2.